The number of aliphatic hydroxyl groups excluding tert-OH is 1. The lowest BCUT2D eigenvalue weighted by atomic mass is 9.88. The summed E-state index contributed by atoms with van der Waals surface area (Å²) in [7, 11) is 0. The second-order valence-electron chi connectivity index (χ2n) is 9.86. The first kappa shape index (κ1) is 25.2. The van der Waals surface area contributed by atoms with Crippen molar-refractivity contribution < 1.29 is 10.2 Å². The van der Waals surface area contributed by atoms with Crippen molar-refractivity contribution in [1.29, 1.82) is 0 Å². The summed E-state index contributed by atoms with van der Waals surface area (Å²) in [6.07, 6.45) is 13.5. The molecule has 0 amide bonds. The Hall–Kier alpha value is -0.870. The summed E-state index contributed by atoms with van der Waals surface area (Å²) in [6, 6.07) is 0. The van der Waals surface area contributed by atoms with Gasteiger partial charge in [0.1, 0.15) is 11.9 Å². The van der Waals surface area contributed by atoms with Crippen LogP contribution in [0, 0.1) is 24.7 Å². The van der Waals surface area contributed by atoms with E-state index in [0.29, 0.717) is 18.9 Å². The zero-order valence-corrected chi connectivity index (χ0v) is 19.3. The second kappa shape index (κ2) is 12.6. The van der Waals surface area contributed by atoms with Crippen molar-refractivity contribution in [1.82, 2.24) is 9.55 Å². The third kappa shape index (κ3) is 10.1. The maximum atomic E-state index is 10.7. The van der Waals surface area contributed by atoms with E-state index in [1.54, 1.807) is 13.1 Å². The van der Waals surface area contributed by atoms with E-state index >= 15 is 0 Å². The molecular weight excluding hydrogens is 348 g/mol. The molecule has 0 spiro atoms. The lowest BCUT2D eigenvalue weighted by molar-refractivity contribution is -0.0754. The number of aliphatic hydroxyl groups is 2. The van der Waals surface area contributed by atoms with Crippen LogP contribution < -0.4 is 0 Å². The third-order valence-corrected chi connectivity index (χ3v) is 6.26. The highest BCUT2D eigenvalue weighted by molar-refractivity contribution is 4.92. The van der Waals surface area contributed by atoms with Crippen molar-refractivity contribution in [3.8, 4) is 0 Å². The first-order valence-electron chi connectivity index (χ1n) is 11.5. The molecule has 0 saturated heterocycles. The van der Waals surface area contributed by atoms with Gasteiger partial charge >= 0.3 is 0 Å². The largest absolute Gasteiger partial charge is 0.388 e. The van der Waals surface area contributed by atoms with Crippen LogP contribution in [0.3, 0.4) is 0 Å². The molecule has 0 aromatic carbocycles. The Labute approximate surface area is 173 Å². The first-order chi connectivity index (χ1) is 13.1. The Morgan fingerprint density at radius 1 is 0.964 bits per heavy atom. The van der Waals surface area contributed by atoms with Crippen molar-refractivity contribution in [3.63, 3.8) is 0 Å². The molecule has 0 saturated carbocycles. The number of imidazole rings is 1. The fraction of sp³-hybridized carbons (Fsp3) is 0.875. The summed E-state index contributed by atoms with van der Waals surface area (Å²) in [5, 5.41) is 21.1. The van der Waals surface area contributed by atoms with Crippen LogP contribution in [-0.2, 0) is 6.54 Å². The van der Waals surface area contributed by atoms with Crippen LogP contribution in [0.5, 0.6) is 0 Å². The summed E-state index contributed by atoms with van der Waals surface area (Å²) in [5.74, 6) is 3.22. The van der Waals surface area contributed by atoms with Gasteiger partial charge in [0.25, 0.3) is 0 Å². The van der Waals surface area contributed by atoms with E-state index in [1.165, 1.54) is 38.5 Å². The summed E-state index contributed by atoms with van der Waals surface area (Å²) in [5.41, 5.74) is -1.05. The SMILES string of the molecule is Cc1nccn1CC(O)C(C)(O)CCCC(C)CCCC(C)CCCC(C)C. The van der Waals surface area contributed by atoms with Gasteiger partial charge in [0.05, 0.1) is 12.1 Å². The minimum Gasteiger partial charge on any atom is -0.388 e. The van der Waals surface area contributed by atoms with Crippen molar-refractivity contribution in [3.05, 3.63) is 18.2 Å². The minimum atomic E-state index is -1.05. The molecule has 1 aromatic heterocycles. The second-order valence-corrected chi connectivity index (χ2v) is 9.86. The maximum absolute atomic E-state index is 10.7. The predicted molar refractivity (Wildman–Crippen MR) is 118 cm³/mol. The van der Waals surface area contributed by atoms with Crippen LogP contribution >= 0.6 is 0 Å². The molecule has 4 nitrogen and oxygen atoms in total. The molecule has 2 N–H and O–H groups in total. The third-order valence-electron chi connectivity index (χ3n) is 6.26. The van der Waals surface area contributed by atoms with Crippen LogP contribution in [0.2, 0.25) is 0 Å². The standard InChI is InChI=1S/C24H46N2O2/c1-19(2)10-7-11-20(3)12-8-13-21(4)14-9-15-24(6,28)23(27)18-26-17-16-25-22(26)5/h16-17,19-21,23,27-28H,7-15,18H2,1-6H3. The fourth-order valence-electron chi connectivity index (χ4n) is 3.93. The van der Waals surface area contributed by atoms with Gasteiger partial charge in [-0.2, -0.15) is 0 Å². The van der Waals surface area contributed by atoms with Crippen molar-refractivity contribution in [2.45, 2.75) is 118 Å². The van der Waals surface area contributed by atoms with E-state index in [9.17, 15) is 10.2 Å². The zero-order chi connectivity index (χ0) is 21.2. The van der Waals surface area contributed by atoms with Crippen LogP contribution in [-0.4, -0.2) is 31.5 Å². The molecule has 1 rings (SSSR count). The molecule has 1 heterocycles. The number of hydrogen-bond donors (Lipinski definition) is 2. The Bertz CT molecular complexity index is 524. The van der Waals surface area contributed by atoms with Gasteiger partial charge in [-0.25, -0.2) is 4.98 Å². The predicted octanol–water partition coefficient (Wildman–Crippen LogP) is 5.74. The molecule has 4 heteroatoms. The lowest BCUT2D eigenvalue weighted by Crippen LogP contribution is -2.42. The van der Waals surface area contributed by atoms with E-state index in [2.05, 4.69) is 32.7 Å². The van der Waals surface area contributed by atoms with Gasteiger partial charge in [-0.3, -0.25) is 0 Å². The average molecular weight is 395 g/mol. The van der Waals surface area contributed by atoms with Crippen molar-refractivity contribution in [2.24, 2.45) is 17.8 Å². The molecule has 164 valence electrons. The Kier molecular flexibility index (Phi) is 11.4. The van der Waals surface area contributed by atoms with E-state index in [0.717, 1.165) is 30.5 Å². The quantitative estimate of drug-likeness (QED) is 0.398. The normalized spacial score (nSPS) is 17.5. The molecule has 4 unspecified atom stereocenters. The Morgan fingerprint density at radius 3 is 2.00 bits per heavy atom. The molecule has 0 aliphatic carbocycles. The molecular formula is C24H46N2O2. The number of hydrogen-bond acceptors (Lipinski definition) is 3. The summed E-state index contributed by atoms with van der Waals surface area (Å²) in [4.78, 5) is 4.17. The molecule has 0 aliphatic rings. The highest BCUT2D eigenvalue weighted by Gasteiger charge is 2.30. The van der Waals surface area contributed by atoms with E-state index in [1.807, 2.05) is 17.7 Å². The van der Waals surface area contributed by atoms with Gasteiger partial charge in [-0.15, -0.1) is 0 Å². The van der Waals surface area contributed by atoms with Gasteiger partial charge in [0, 0.05) is 12.4 Å². The van der Waals surface area contributed by atoms with Crippen LogP contribution in [0.15, 0.2) is 12.4 Å². The Balaban J connectivity index is 2.18. The van der Waals surface area contributed by atoms with Crippen LogP contribution in [0.4, 0.5) is 0 Å². The van der Waals surface area contributed by atoms with Crippen LogP contribution in [0.25, 0.3) is 0 Å². The zero-order valence-electron chi connectivity index (χ0n) is 19.3. The topological polar surface area (TPSA) is 58.3 Å². The Morgan fingerprint density at radius 2 is 1.50 bits per heavy atom. The van der Waals surface area contributed by atoms with E-state index in [4.69, 9.17) is 0 Å². The number of aromatic nitrogens is 2. The minimum absolute atomic E-state index is 0.392. The molecule has 0 aliphatic heterocycles. The van der Waals surface area contributed by atoms with Gasteiger partial charge in [-0.05, 0) is 38.0 Å². The fourth-order valence-corrected chi connectivity index (χ4v) is 3.93. The molecule has 1 aromatic rings. The molecule has 0 radical (unpaired) electrons. The number of aryl methyl sites for hydroxylation is 1. The lowest BCUT2D eigenvalue weighted by Gasteiger charge is -2.30. The molecule has 0 fully saturated rings. The highest BCUT2D eigenvalue weighted by Crippen LogP contribution is 2.25. The van der Waals surface area contributed by atoms with Crippen molar-refractivity contribution >= 4 is 0 Å². The smallest absolute Gasteiger partial charge is 0.105 e. The van der Waals surface area contributed by atoms with E-state index in [-0.39, 0.29) is 0 Å². The van der Waals surface area contributed by atoms with Crippen LogP contribution in [0.1, 0.15) is 98.2 Å². The summed E-state index contributed by atoms with van der Waals surface area (Å²) >= 11 is 0. The van der Waals surface area contributed by atoms with E-state index < -0.39 is 11.7 Å². The van der Waals surface area contributed by atoms with Gasteiger partial charge in [0.15, 0.2) is 0 Å². The molecule has 0 bridgehead atoms. The van der Waals surface area contributed by atoms with Crippen molar-refractivity contribution in [2.75, 3.05) is 0 Å². The average Bonchev–Trinajstić information content (AvgIpc) is 2.99. The molecule has 28 heavy (non-hydrogen) atoms. The van der Waals surface area contributed by atoms with Gasteiger partial charge < -0.3 is 14.8 Å². The van der Waals surface area contributed by atoms with Gasteiger partial charge in [-0.1, -0.05) is 79.1 Å². The first-order valence-corrected chi connectivity index (χ1v) is 11.5. The summed E-state index contributed by atoms with van der Waals surface area (Å²) in [6.45, 7) is 13.4. The monoisotopic (exact) mass is 394 g/mol. The highest BCUT2D eigenvalue weighted by atomic mass is 16.3. The van der Waals surface area contributed by atoms with Gasteiger partial charge in [0.2, 0.25) is 0 Å². The number of nitrogens with zero attached hydrogens (tertiary/aromatic N) is 2. The summed E-state index contributed by atoms with van der Waals surface area (Å²) < 4.78 is 1.89. The maximum Gasteiger partial charge on any atom is 0.105 e. The number of rotatable bonds is 15. The molecule has 4 atom stereocenters.